The Hall–Kier alpha value is -2.77. The number of hydrogen-bond donors (Lipinski definition) is 4. The van der Waals surface area contributed by atoms with Crippen molar-refractivity contribution < 1.29 is 19.9 Å². The second-order valence-corrected chi connectivity index (χ2v) is 4.05. The molecule has 1 aromatic carbocycles. The molecule has 0 unspecified atom stereocenters. The molecule has 8 nitrogen and oxygen atoms in total. The first-order chi connectivity index (χ1) is 8.90. The number of phenolic OH excluding ortho intramolecular Hbond substituents is 2. The normalized spacial score (nSPS) is 18.8. The third-order valence-corrected chi connectivity index (χ3v) is 2.76. The van der Waals surface area contributed by atoms with Crippen LogP contribution in [0.15, 0.2) is 29.6 Å². The molecule has 0 fully saturated rings. The lowest BCUT2D eigenvalue weighted by Gasteiger charge is -2.23. The molecule has 4 N–H and O–H groups in total. The summed E-state index contributed by atoms with van der Waals surface area (Å²) in [6.45, 7) is 1.42. The molecule has 1 aromatic rings. The molecule has 0 aliphatic carbocycles. The van der Waals surface area contributed by atoms with Gasteiger partial charge in [0.2, 0.25) is 0 Å². The van der Waals surface area contributed by atoms with E-state index in [0.29, 0.717) is 5.56 Å². The summed E-state index contributed by atoms with van der Waals surface area (Å²) < 4.78 is 0. The molecule has 1 heterocycles. The molecule has 0 aromatic heterocycles. The van der Waals surface area contributed by atoms with E-state index in [1.54, 1.807) is 0 Å². The van der Waals surface area contributed by atoms with Crippen LogP contribution in [0.4, 0.5) is 4.79 Å². The number of carbonyl (C=O) groups is 1. The number of nitrogens with zero attached hydrogens (tertiary/aromatic N) is 1. The van der Waals surface area contributed by atoms with Crippen LogP contribution < -0.4 is 10.6 Å². The maximum absolute atomic E-state index is 11.4. The standard InChI is InChI=1S/C11H11N3O5/c1-5-10(14(18)19)9(13-11(17)12-5)6-2-3-7(15)8(16)4-6/h2-4,9,15-16H,1H3,(H2,12,13,17)/t9-/m0/s1. The van der Waals surface area contributed by atoms with Gasteiger partial charge in [-0.2, -0.15) is 0 Å². The fourth-order valence-corrected chi connectivity index (χ4v) is 1.89. The summed E-state index contributed by atoms with van der Waals surface area (Å²) in [6.07, 6.45) is 0. The maximum atomic E-state index is 11.4. The van der Waals surface area contributed by atoms with Crippen LogP contribution in [0.25, 0.3) is 0 Å². The van der Waals surface area contributed by atoms with E-state index in [-0.39, 0.29) is 17.1 Å². The number of amides is 2. The molecule has 0 spiro atoms. The molecule has 100 valence electrons. The Kier molecular flexibility index (Phi) is 2.99. The van der Waals surface area contributed by atoms with Crippen LogP contribution in [-0.4, -0.2) is 21.2 Å². The van der Waals surface area contributed by atoms with Crippen LogP contribution in [-0.2, 0) is 0 Å². The molecule has 8 heteroatoms. The maximum Gasteiger partial charge on any atom is 0.320 e. The molecule has 2 amide bonds. The van der Waals surface area contributed by atoms with Crippen molar-refractivity contribution in [1.29, 1.82) is 0 Å². The highest BCUT2D eigenvalue weighted by atomic mass is 16.6. The Morgan fingerprint density at radius 3 is 2.58 bits per heavy atom. The number of nitrogens with one attached hydrogen (secondary N) is 2. The van der Waals surface area contributed by atoms with Crippen LogP contribution in [0.1, 0.15) is 18.5 Å². The van der Waals surface area contributed by atoms with Crippen molar-refractivity contribution in [3.8, 4) is 11.5 Å². The van der Waals surface area contributed by atoms with E-state index < -0.39 is 22.7 Å². The van der Waals surface area contributed by atoms with Crippen molar-refractivity contribution in [3.05, 3.63) is 45.3 Å². The predicted octanol–water partition coefficient (Wildman–Crippen LogP) is 0.960. The minimum atomic E-state index is -0.991. The zero-order chi connectivity index (χ0) is 14.2. The summed E-state index contributed by atoms with van der Waals surface area (Å²) >= 11 is 0. The van der Waals surface area contributed by atoms with E-state index in [1.807, 2.05) is 0 Å². The molecule has 1 aliphatic heterocycles. The number of benzene rings is 1. The number of nitro groups is 1. The van der Waals surface area contributed by atoms with E-state index >= 15 is 0 Å². The van der Waals surface area contributed by atoms with Gasteiger partial charge in [0.15, 0.2) is 11.5 Å². The minimum Gasteiger partial charge on any atom is -0.504 e. The monoisotopic (exact) mass is 265 g/mol. The molecule has 1 atom stereocenters. The molecule has 19 heavy (non-hydrogen) atoms. The van der Waals surface area contributed by atoms with Gasteiger partial charge in [0.1, 0.15) is 6.04 Å². The minimum absolute atomic E-state index is 0.131. The van der Waals surface area contributed by atoms with Gasteiger partial charge in [0, 0.05) is 0 Å². The van der Waals surface area contributed by atoms with Crippen LogP contribution in [0.3, 0.4) is 0 Å². The SMILES string of the molecule is CC1=C([N+](=O)[O-])[C@H](c2ccc(O)c(O)c2)NC(=O)N1. The van der Waals surface area contributed by atoms with Gasteiger partial charge in [-0.3, -0.25) is 10.1 Å². The van der Waals surface area contributed by atoms with Crippen molar-refractivity contribution in [2.75, 3.05) is 0 Å². The van der Waals surface area contributed by atoms with E-state index in [2.05, 4.69) is 10.6 Å². The van der Waals surface area contributed by atoms with Crippen LogP contribution in [0, 0.1) is 10.1 Å². The zero-order valence-corrected chi connectivity index (χ0v) is 9.88. The highest BCUT2D eigenvalue weighted by molar-refractivity contribution is 5.78. The quantitative estimate of drug-likeness (QED) is 0.360. The summed E-state index contributed by atoms with van der Waals surface area (Å²) in [6, 6.07) is 2.20. The van der Waals surface area contributed by atoms with Crippen LogP contribution in [0.2, 0.25) is 0 Å². The molecule has 1 aliphatic rings. The summed E-state index contributed by atoms with van der Waals surface area (Å²) in [5.41, 5.74) is 0.215. The first-order valence-corrected chi connectivity index (χ1v) is 5.34. The average Bonchev–Trinajstić information content (AvgIpc) is 2.31. The van der Waals surface area contributed by atoms with Gasteiger partial charge in [-0.15, -0.1) is 0 Å². The number of urea groups is 1. The number of hydrogen-bond acceptors (Lipinski definition) is 5. The van der Waals surface area contributed by atoms with Crippen molar-refractivity contribution in [2.45, 2.75) is 13.0 Å². The summed E-state index contributed by atoms with van der Waals surface area (Å²) in [5, 5.41) is 34.4. The van der Waals surface area contributed by atoms with Crippen molar-refractivity contribution >= 4 is 6.03 Å². The molecule has 0 radical (unpaired) electrons. The fraction of sp³-hybridized carbons (Fsp3) is 0.182. The van der Waals surface area contributed by atoms with E-state index in [4.69, 9.17) is 0 Å². The Morgan fingerprint density at radius 2 is 2.00 bits per heavy atom. The predicted molar refractivity (Wildman–Crippen MR) is 63.9 cm³/mol. The smallest absolute Gasteiger partial charge is 0.320 e. The third kappa shape index (κ3) is 2.28. The van der Waals surface area contributed by atoms with Gasteiger partial charge in [-0.1, -0.05) is 6.07 Å². The highest BCUT2D eigenvalue weighted by Gasteiger charge is 2.35. The average molecular weight is 265 g/mol. The Morgan fingerprint density at radius 1 is 1.32 bits per heavy atom. The summed E-state index contributed by atoms with van der Waals surface area (Å²) in [5.74, 6) is -0.752. The fourth-order valence-electron chi connectivity index (χ4n) is 1.89. The van der Waals surface area contributed by atoms with E-state index in [0.717, 1.165) is 0 Å². The lowest BCUT2D eigenvalue weighted by Crippen LogP contribution is -2.44. The molecule has 0 saturated heterocycles. The van der Waals surface area contributed by atoms with E-state index in [1.165, 1.54) is 25.1 Å². The third-order valence-electron chi connectivity index (χ3n) is 2.76. The van der Waals surface area contributed by atoms with Gasteiger partial charge < -0.3 is 20.8 Å². The second-order valence-electron chi connectivity index (χ2n) is 4.05. The molecule has 2 rings (SSSR count). The number of phenols is 2. The first-order valence-electron chi connectivity index (χ1n) is 5.34. The van der Waals surface area contributed by atoms with Gasteiger partial charge in [-0.05, 0) is 24.6 Å². The van der Waals surface area contributed by atoms with Gasteiger partial charge >= 0.3 is 6.03 Å². The van der Waals surface area contributed by atoms with Gasteiger partial charge in [0.05, 0.1) is 10.6 Å². The zero-order valence-electron chi connectivity index (χ0n) is 9.88. The van der Waals surface area contributed by atoms with E-state index in [9.17, 15) is 25.1 Å². The largest absolute Gasteiger partial charge is 0.504 e. The Labute approximate surface area is 107 Å². The van der Waals surface area contributed by atoms with Crippen molar-refractivity contribution in [2.24, 2.45) is 0 Å². The Bertz CT molecular complexity index is 596. The number of rotatable bonds is 2. The lowest BCUT2D eigenvalue weighted by molar-refractivity contribution is -0.432. The van der Waals surface area contributed by atoms with Crippen LogP contribution >= 0.6 is 0 Å². The molecule has 0 saturated carbocycles. The number of carbonyl (C=O) groups excluding carboxylic acids is 1. The summed E-state index contributed by atoms with van der Waals surface area (Å²) in [4.78, 5) is 21.8. The first kappa shape index (κ1) is 12.7. The van der Waals surface area contributed by atoms with Gasteiger partial charge in [0.25, 0.3) is 5.70 Å². The topological polar surface area (TPSA) is 125 Å². The van der Waals surface area contributed by atoms with Crippen molar-refractivity contribution in [1.82, 2.24) is 10.6 Å². The molecular weight excluding hydrogens is 254 g/mol. The lowest BCUT2D eigenvalue weighted by atomic mass is 10.0. The molecular formula is C11H11N3O5. The number of allylic oxidation sites excluding steroid dienone is 1. The second kappa shape index (κ2) is 4.48. The van der Waals surface area contributed by atoms with Crippen LogP contribution in [0.5, 0.6) is 11.5 Å². The Balaban J connectivity index is 2.51. The van der Waals surface area contributed by atoms with Gasteiger partial charge in [-0.25, -0.2) is 4.79 Å². The molecule has 0 bridgehead atoms. The summed E-state index contributed by atoms with van der Waals surface area (Å²) in [7, 11) is 0. The number of aromatic hydroxyl groups is 2. The highest BCUT2D eigenvalue weighted by Crippen LogP contribution is 2.32. The van der Waals surface area contributed by atoms with Crippen molar-refractivity contribution in [3.63, 3.8) is 0 Å².